The molecule has 1 N–H and O–H groups in total. The molecular formula is C12H18OS. The normalized spacial score (nSPS) is 11.8. The van der Waals surface area contributed by atoms with Crippen molar-refractivity contribution < 1.29 is 5.11 Å². The summed E-state index contributed by atoms with van der Waals surface area (Å²) in [5.74, 6) is 0. The fraction of sp³-hybridized carbons (Fsp3) is 0.500. The van der Waals surface area contributed by atoms with Crippen LogP contribution in [0, 0.1) is 6.92 Å². The molecule has 0 bridgehead atoms. The number of thioether (sulfide) groups is 1. The molecule has 78 valence electrons. The van der Waals surface area contributed by atoms with Crippen LogP contribution in [0.1, 0.15) is 31.9 Å². The second-order valence-corrected chi connectivity index (χ2v) is 6.36. The summed E-state index contributed by atoms with van der Waals surface area (Å²) in [6.07, 6.45) is 0. The Balaban J connectivity index is 2.87. The van der Waals surface area contributed by atoms with Crippen molar-refractivity contribution in [1.29, 1.82) is 0 Å². The van der Waals surface area contributed by atoms with E-state index in [1.165, 1.54) is 10.5 Å². The van der Waals surface area contributed by atoms with Crippen molar-refractivity contribution in [2.24, 2.45) is 0 Å². The van der Waals surface area contributed by atoms with E-state index < -0.39 is 0 Å². The first-order chi connectivity index (χ1) is 6.42. The lowest BCUT2D eigenvalue weighted by atomic mass is 10.1. The largest absolute Gasteiger partial charge is 0.392 e. The van der Waals surface area contributed by atoms with Crippen molar-refractivity contribution in [3.8, 4) is 0 Å². The van der Waals surface area contributed by atoms with Gasteiger partial charge in [0, 0.05) is 9.64 Å². The molecule has 14 heavy (non-hydrogen) atoms. The van der Waals surface area contributed by atoms with Crippen molar-refractivity contribution in [2.75, 3.05) is 0 Å². The van der Waals surface area contributed by atoms with Crippen LogP contribution in [-0.4, -0.2) is 9.85 Å². The molecule has 0 saturated carbocycles. The summed E-state index contributed by atoms with van der Waals surface area (Å²) >= 11 is 1.85. The average molecular weight is 210 g/mol. The van der Waals surface area contributed by atoms with Gasteiger partial charge >= 0.3 is 0 Å². The lowest BCUT2D eigenvalue weighted by Gasteiger charge is -2.18. The van der Waals surface area contributed by atoms with E-state index in [-0.39, 0.29) is 11.4 Å². The zero-order valence-electron chi connectivity index (χ0n) is 9.29. The monoisotopic (exact) mass is 210 g/mol. The fourth-order valence-corrected chi connectivity index (χ4v) is 2.34. The maximum atomic E-state index is 9.04. The van der Waals surface area contributed by atoms with Gasteiger partial charge in [-0.05, 0) is 30.2 Å². The van der Waals surface area contributed by atoms with Gasteiger partial charge < -0.3 is 5.11 Å². The summed E-state index contributed by atoms with van der Waals surface area (Å²) in [5, 5.41) is 9.04. The number of benzene rings is 1. The highest BCUT2D eigenvalue weighted by molar-refractivity contribution is 8.00. The van der Waals surface area contributed by atoms with Gasteiger partial charge in [0.2, 0.25) is 0 Å². The molecule has 0 aliphatic rings. The molecule has 0 saturated heterocycles. The maximum Gasteiger partial charge on any atom is 0.0684 e. The van der Waals surface area contributed by atoms with Crippen LogP contribution >= 0.6 is 11.8 Å². The summed E-state index contributed by atoms with van der Waals surface area (Å²) < 4.78 is 0.243. The third-order valence-corrected chi connectivity index (χ3v) is 3.01. The number of hydrogen-bond acceptors (Lipinski definition) is 2. The topological polar surface area (TPSA) is 20.2 Å². The van der Waals surface area contributed by atoms with E-state index in [4.69, 9.17) is 5.11 Å². The summed E-state index contributed by atoms with van der Waals surface area (Å²) in [6, 6.07) is 6.22. The van der Waals surface area contributed by atoms with Crippen molar-refractivity contribution in [1.82, 2.24) is 0 Å². The molecule has 0 heterocycles. The Morgan fingerprint density at radius 3 is 2.36 bits per heavy atom. The second-order valence-electron chi connectivity index (χ2n) is 4.46. The third kappa shape index (κ3) is 3.35. The number of aliphatic hydroxyl groups is 1. The maximum absolute atomic E-state index is 9.04. The van der Waals surface area contributed by atoms with E-state index >= 15 is 0 Å². The van der Waals surface area contributed by atoms with Crippen LogP contribution < -0.4 is 0 Å². The van der Waals surface area contributed by atoms with Crippen LogP contribution in [0.3, 0.4) is 0 Å². The van der Waals surface area contributed by atoms with E-state index in [0.29, 0.717) is 0 Å². The number of aliphatic hydroxyl groups excluding tert-OH is 1. The Labute approximate surface area is 90.5 Å². The predicted octanol–water partition coefficient (Wildman–Crippen LogP) is 3.38. The molecule has 0 spiro atoms. The first-order valence-corrected chi connectivity index (χ1v) is 5.63. The molecular weight excluding hydrogens is 192 g/mol. The lowest BCUT2D eigenvalue weighted by molar-refractivity contribution is 0.281. The molecule has 1 aromatic carbocycles. The van der Waals surface area contributed by atoms with Gasteiger partial charge in [-0.3, -0.25) is 0 Å². The van der Waals surface area contributed by atoms with Gasteiger partial charge in [-0.15, -0.1) is 11.8 Å². The zero-order chi connectivity index (χ0) is 10.8. The zero-order valence-corrected chi connectivity index (χ0v) is 10.1. The highest BCUT2D eigenvalue weighted by Gasteiger charge is 2.12. The first-order valence-electron chi connectivity index (χ1n) is 4.82. The highest BCUT2D eigenvalue weighted by Crippen LogP contribution is 2.32. The molecule has 0 aromatic heterocycles. The Morgan fingerprint density at radius 1 is 1.29 bits per heavy atom. The molecule has 1 rings (SSSR count). The van der Waals surface area contributed by atoms with Crippen molar-refractivity contribution in [3.63, 3.8) is 0 Å². The molecule has 0 aliphatic carbocycles. The van der Waals surface area contributed by atoms with Gasteiger partial charge in [0.25, 0.3) is 0 Å². The molecule has 0 aliphatic heterocycles. The standard InChI is InChI=1S/C12H18OS/c1-9-7-11(14-12(2,3)4)6-5-10(9)8-13/h5-7,13H,8H2,1-4H3. The highest BCUT2D eigenvalue weighted by atomic mass is 32.2. The van der Waals surface area contributed by atoms with E-state index in [2.05, 4.69) is 32.9 Å². The smallest absolute Gasteiger partial charge is 0.0684 e. The van der Waals surface area contributed by atoms with E-state index in [0.717, 1.165) is 5.56 Å². The number of rotatable bonds is 2. The molecule has 1 aromatic rings. The Bertz CT molecular complexity index is 313. The minimum Gasteiger partial charge on any atom is -0.392 e. The molecule has 2 heteroatoms. The fourth-order valence-electron chi connectivity index (χ4n) is 1.26. The molecule has 0 atom stereocenters. The SMILES string of the molecule is Cc1cc(SC(C)(C)C)ccc1CO. The van der Waals surface area contributed by atoms with Gasteiger partial charge in [-0.25, -0.2) is 0 Å². The van der Waals surface area contributed by atoms with Crippen molar-refractivity contribution >= 4 is 11.8 Å². The average Bonchev–Trinajstić information content (AvgIpc) is 2.01. The Morgan fingerprint density at radius 2 is 1.93 bits per heavy atom. The van der Waals surface area contributed by atoms with Crippen LogP contribution in [0.5, 0.6) is 0 Å². The van der Waals surface area contributed by atoms with Gasteiger partial charge in [-0.1, -0.05) is 26.8 Å². The minimum absolute atomic E-state index is 0.131. The summed E-state index contributed by atoms with van der Waals surface area (Å²) in [4.78, 5) is 1.27. The predicted molar refractivity (Wildman–Crippen MR) is 62.7 cm³/mol. The van der Waals surface area contributed by atoms with Gasteiger partial charge in [-0.2, -0.15) is 0 Å². The lowest BCUT2D eigenvalue weighted by Crippen LogP contribution is -2.06. The molecule has 0 radical (unpaired) electrons. The second kappa shape index (κ2) is 4.37. The quantitative estimate of drug-likeness (QED) is 0.755. The summed E-state index contributed by atoms with van der Waals surface area (Å²) in [5.41, 5.74) is 2.19. The number of aryl methyl sites for hydroxylation is 1. The molecule has 0 fully saturated rings. The van der Waals surface area contributed by atoms with E-state index in [1.54, 1.807) is 0 Å². The van der Waals surface area contributed by atoms with Gasteiger partial charge in [0.1, 0.15) is 0 Å². The first kappa shape index (κ1) is 11.6. The van der Waals surface area contributed by atoms with Gasteiger partial charge in [0.15, 0.2) is 0 Å². The van der Waals surface area contributed by atoms with Crippen molar-refractivity contribution in [2.45, 2.75) is 43.9 Å². The Kier molecular flexibility index (Phi) is 3.62. The molecule has 0 amide bonds. The van der Waals surface area contributed by atoms with Crippen LogP contribution in [0.4, 0.5) is 0 Å². The minimum atomic E-state index is 0.131. The summed E-state index contributed by atoms with van der Waals surface area (Å²) in [6.45, 7) is 8.78. The number of hydrogen-bond donors (Lipinski definition) is 1. The van der Waals surface area contributed by atoms with Crippen LogP contribution in [0.25, 0.3) is 0 Å². The Hall–Kier alpha value is -0.470. The van der Waals surface area contributed by atoms with Crippen LogP contribution in [0.2, 0.25) is 0 Å². The van der Waals surface area contributed by atoms with Crippen LogP contribution in [-0.2, 0) is 6.61 Å². The third-order valence-electron chi connectivity index (χ3n) is 1.91. The van der Waals surface area contributed by atoms with Crippen LogP contribution in [0.15, 0.2) is 23.1 Å². The van der Waals surface area contributed by atoms with E-state index in [1.807, 2.05) is 24.8 Å². The molecule has 0 unspecified atom stereocenters. The summed E-state index contributed by atoms with van der Waals surface area (Å²) in [7, 11) is 0. The van der Waals surface area contributed by atoms with E-state index in [9.17, 15) is 0 Å². The van der Waals surface area contributed by atoms with Crippen molar-refractivity contribution in [3.05, 3.63) is 29.3 Å². The molecule has 1 nitrogen and oxygen atoms in total. The van der Waals surface area contributed by atoms with Gasteiger partial charge in [0.05, 0.1) is 6.61 Å².